The van der Waals surface area contributed by atoms with Gasteiger partial charge in [0.15, 0.2) is 17.5 Å². The maximum absolute atomic E-state index is 6.76. The summed E-state index contributed by atoms with van der Waals surface area (Å²) in [5.74, 6) is 1.83. The lowest BCUT2D eigenvalue weighted by molar-refractivity contribution is 0.673. The van der Waals surface area contributed by atoms with Gasteiger partial charge in [0.2, 0.25) is 0 Å². The average molecular weight is 702 g/mol. The summed E-state index contributed by atoms with van der Waals surface area (Å²) in [4.78, 5) is 15.3. The lowest BCUT2D eigenvalue weighted by Gasteiger charge is -2.11. The van der Waals surface area contributed by atoms with E-state index in [2.05, 4.69) is 182 Å². The molecule has 11 rings (SSSR count). The molecule has 0 saturated carbocycles. The molecule has 2 heterocycles. The Morgan fingerprint density at radius 3 is 1.73 bits per heavy atom. The van der Waals surface area contributed by atoms with E-state index in [1.165, 1.54) is 21.9 Å². The molecule has 55 heavy (non-hydrogen) atoms. The maximum Gasteiger partial charge on any atom is 0.164 e. The Hall–Kier alpha value is -7.43. The van der Waals surface area contributed by atoms with Crippen LogP contribution in [-0.2, 0) is 0 Å². The van der Waals surface area contributed by atoms with Gasteiger partial charge in [0.05, 0.1) is 0 Å². The summed E-state index contributed by atoms with van der Waals surface area (Å²) in [6.45, 7) is 0. The van der Waals surface area contributed by atoms with Gasteiger partial charge in [-0.2, -0.15) is 0 Å². The minimum atomic E-state index is 0.587. The summed E-state index contributed by atoms with van der Waals surface area (Å²) in [5.41, 5.74) is 9.06. The van der Waals surface area contributed by atoms with Crippen LogP contribution in [0.4, 0.5) is 0 Å². The van der Waals surface area contributed by atoms with E-state index >= 15 is 0 Å². The molecule has 2 aromatic heterocycles. The Morgan fingerprint density at radius 2 is 0.891 bits per heavy atom. The first kappa shape index (κ1) is 31.1. The van der Waals surface area contributed by atoms with Crippen LogP contribution in [0.5, 0.6) is 0 Å². The highest BCUT2D eigenvalue weighted by atomic mass is 16.3. The van der Waals surface area contributed by atoms with Gasteiger partial charge in [0.1, 0.15) is 11.2 Å². The van der Waals surface area contributed by atoms with Crippen molar-refractivity contribution in [3.05, 3.63) is 188 Å². The van der Waals surface area contributed by atoms with E-state index < -0.39 is 0 Å². The Labute approximate surface area is 317 Å². The van der Waals surface area contributed by atoms with Crippen molar-refractivity contribution in [2.75, 3.05) is 0 Å². The predicted octanol–water partition coefficient (Wildman–Crippen LogP) is 13.6. The van der Waals surface area contributed by atoms with Gasteiger partial charge in [0, 0.05) is 32.8 Å². The third kappa shape index (κ3) is 5.34. The van der Waals surface area contributed by atoms with E-state index in [4.69, 9.17) is 19.4 Å². The quantitative estimate of drug-likeness (QED) is 0.179. The van der Waals surface area contributed by atoms with E-state index in [1.54, 1.807) is 0 Å². The highest BCUT2D eigenvalue weighted by Crippen LogP contribution is 2.41. The van der Waals surface area contributed by atoms with Crippen molar-refractivity contribution >= 4 is 54.3 Å². The lowest BCUT2D eigenvalue weighted by atomic mass is 9.94. The van der Waals surface area contributed by atoms with Crippen LogP contribution in [0, 0.1) is 0 Å². The van der Waals surface area contributed by atoms with Gasteiger partial charge >= 0.3 is 0 Å². The molecule has 0 aliphatic carbocycles. The van der Waals surface area contributed by atoms with Gasteiger partial charge in [-0.25, -0.2) is 15.0 Å². The van der Waals surface area contributed by atoms with Crippen LogP contribution in [-0.4, -0.2) is 15.0 Å². The number of hydrogen-bond acceptors (Lipinski definition) is 4. The van der Waals surface area contributed by atoms with Gasteiger partial charge in [0.25, 0.3) is 0 Å². The molecule has 0 atom stereocenters. The monoisotopic (exact) mass is 701 g/mol. The second-order valence-electron chi connectivity index (χ2n) is 14.0. The fourth-order valence-electron chi connectivity index (χ4n) is 7.95. The molecular weight excluding hydrogens is 671 g/mol. The van der Waals surface area contributed by atoms with Crippen LogP contribution in [0.25, 0.3) is 111 Å². The first-order chi connectivity index (χ1) is 27.2. The van der Waals surface area contributed by atoms with Crippen LogP contribution < -0.4 is 0 Å². The minimum absolute atomic E-state index is 0.587. The first-order valence-electron chi connectivity index (χ1n) is 18.5. The molecule has 0 unspecified atom stereocenters. The molecule has 0 radical (unpaired) electrons. The zero-order valence-corrected chi connectivity index (χ0v) is 29.6. The molecule has 0 bridgehead atoms. The van der Waals surface area contributed by atoms with Gasteiger partial charge < -0.3 is 4.42 Å². The van der Waals surface area contributed by atoms with Crippen LogP contribution in [0.1, 0.15) is 0 Å². The number of fused-ring (bicyclic) bond motifs is 7. The third-order valence-corrected chi connectivity index (χ3v) is 10.7. The summed E-state index contributed by atoms with van der Waals surface area (Å²) in [6, 6.07) is 65.8. The highest BCUT2D eigenvalue weighted by Gasteiger charge is 2.18. The SMILES string of the molecule is c1ccc(-c2ccc(-c3nc(-c4ccc5c(c4)oc4c6ccccc6c(-c6ccc7ccccc7c6)cc54)nc(-c4cccc5ccccc45)n3)cc2)cc1. The van der Waals surface area contributed by atoms with Crippen molar-refractivity contribution in [1.82, 2.24) is 15.0 Å². The summed E-state index contributed by atoms with van der Waals surface area (Å²) in [7, 11) is 0. The van der Waals surface area contributed by atoms with E-state index in [1.807, 2.05) is 6.07 Å². The molecule has 11 aromatic rings. The molecular formula is C51H31N3O. The number of hydrogen-bond donors (Lipinski definition) is 0. The summed E-state index contributed by atoms with van der Waals surface area (Å²) < 4.78 is 6.76. The molecule has 0 amide bonds. The fourth-order valence-corrected chi connectivity index (χ4v) is 7.95. The van der Waals surface area contributed by atoms with Crippen LogP contribution in [0.3, 0.4) is 0 Å². The van der Waals surface area contributed by atoms with Crippen LogP contribution >= 0.6 is 0 Å². The first-order valence-corrected chi connectivity index (χ1v) is 18.5. The topological polar surface area (TPSA) is 51.8 Å². The standard InChI is InChI=1S/C51H31N3O/c1-2-11-32(12-3-1)34-21-24-36(25-22-34)49-52-50(54-51(53-49)44-20-10-16-35-14-6-7-17-40(35)44)39-27-28-42-46-31-45(38-26-23-33-13-4-5-15-37(33)29-38)41-18-8-9-19-43(41)48(46)55-47(42)30-39/h1-31H. The van der Waals surface area contributed by atoms with E-state index in [0.717, 1.165) is 71.3 Å². The van der Waals surface area contributed by atoms with Crippen molar-refractivity contribution in [3.8, 4) is 56.4 Å². The number of aromatic nitrogens is 3. The van der Waals surface area contributed by atoms with Crippen molar-refractivity contribution in [2.24, 2.45) is 0 Å². The molecule has 4 heteroatoms. The molecule has 0 N–H and O–H groups in total. The molecule has 0 saturated heterocycles. The zero-order valence-electron chi connectivity index (χ0n) is 29.6. The third-order valence-electron chi connectivity index (χ3n) is 10.7. The van der Waals surface area contributed by atoms with Crippen molar-refractivity contribution in [2.45, 2.75) is 0 Å². The fraction of sp³-hybridized carbons (Fsp3) is 0. The van der Waals surface area contributed by atoms with E-state index in [9.17, 15) is 0 Å². The van der Waals surface area contributed by atoms with Gasteiger partial charge in [-0.05, 0) is 73.5 Å². The molecule has 0 fully saturated rings. The molecule has 256 valence electrons. The van der Waals surface area contributed by atoms with Gasteiger partial charge in [-0.3, -0.25) is 0 Å². The average Bonchev–Trinajstić information content (AvgIpc) is 3.64. The number of furan rings is 1. The molecule has 0 spiro atoms. The summed E-state index contributed by atoms with van der Waals surface area (Å²) >= 11 is 0. The second-order valence-corrected chi connectivity index (χ2v) is 14.0. The number of benzene rings is 9. The Kier molecular flexibility index (Phi) is 7.14. The maximum atomic E-state index is 6.76. The summed E-state index contributed by atoms with van der Waals surface area (Å²) in [5, 5.41) is 9.04. The molecule has 4 nitrogen and oxygen atoms in total. The number of rotatable bonds is 5. The smallest absolute Gasteiger partial charge is 0.164 e. The second kappa shape index (κ2) is 12.6. The van der Waals surface area contributed by atoms with E-state index in [-0.39, 0.29) is 0 Å². The molecule has 0 aliphatic rings. The largest absolute Gasteiger partial charge is 0.455 e. The summed E-state index contributed by atoms with van der Waals surface area (Å²) in [6.07, 6.45) is 0. The molecule has 0 aliphatic heterocycles. The Morgan fingerprint density at radius 1 is 0.291 bits per heavy atom. The van der Waals surface area contributed by atoms with Gasteiger partial charge in [-0.15, -0.1) is 0 Å². The van der Waals surface area contributed by atoms with Crippen LogP contribution in [0.2, 0.25) is 0 Å². The Bertz CT molecular complexity index is 3250. The lowest BCUT2D eigenvalue weighted by Crippen LogP contribution is -2.00. The van der Waals surface area contributed by atoms with E-state index in [0.29, 0.717) is 17.5 Å². The highest BCUT2D eigenvalue weighted by molar-refractivity contribution is 6.19. The van der Waals surface area contributed by atoms with Crippen molar-refractivity contribution in [3.63, 3.8) is 0 Å². The van der Waals surface area contributed by atoms with Crippen molar-refractivity contribution < 1.29 is 4.42 Å². The van der Waals surface area contributed by atoms with Crippen LogP contribution in [0.15, 0.2) is 192 Å². The predicted molar refractivity (Wildman–Crippen MR) is 227 cm³/mol. The van der Waals surface area contributed by atoms with Crippen molar-refractivity contribution in [1.29, 1.82) is 0 Å². The normalized spacial score (nSPS) is 11.6. The van der Waals surface area contributed by atoms with Gasteiger partial charge in [-0.1, -0.05) is 164 Å². The minimum Gasteiger partial charge on any atom is -0.455 e. The molecule has 9 aromatic carbocycles. The Balaban J connectivity index is 1.08. The zero-order chi connectivity index (χ0) is 36.3. The number of nitrogens with zero attached hydrogens (tertiary/aromatic N) is 3.